The number of hydrogen-bond donors (Lipinski definition) is 1. The fourth-order valence-corrected chi connectivity index (χ4v) is 7.58. The quantitative estimate of drug-likeness (QED) is 0.226. The molecule has 0 radical (unpaired) electrons. The van der Waals surface area contributed by atoms with Crippen LogP contribution in [-0.4, -0.2) is 88.8 Å². The number of anilines is 1. The molecule has 1 aromatic rings. The third-order valence-electron chi connectivity index (χ3n) is 9.47. The highest BCUT2D eigenvalue weighted by Gasteiger charge is 2.78. The van der Waals surface area contributed by atoms with Gasteiger partial charge in [-0.2, -0.15) is 0 Å². The summed E-state index contributed by atoms with van der Waals surface area (Å²) in [6.07, 6.45) is 7.27. The van der Waals surface area contributed by atoms with Gasteiger partial charge in [-0.25, -0.2) is 0 Å². The van der Waals surface area contributed by atoms with Gasteiger partial charge in [0.25, 0.3) is 0 Å². The van der Waals surface area contributed by atoms with Crippen molar-refractivity contribution in [1.29, 1.82) is 0 Å². The Hall–Kier alpha value is -3.17. The van der Waals surface area contributed by atoms with Crippen LogP contribution in [0, 0.1) is 11.8 Å². The summed E-state index contributed by atoms with van der Waals surface area (Å²) in [5.74, 6) is -1.43. The van der Waals surface area contributed by atoms with Gasteiger partial charge in [-0.15, -0.1) is 13.2 Å². The number of carbonyl (C=O) groups excluding carboxylic acids is 3. The SMILES string of the molecule is C=CCN(C(=O)[C@H]1[C@H]2C(=O)N(CCCCO)C(C(=O)N(CC=C)C(C)CCC)C23CC[C@]1(C)O3)c1ccc(OCC)cc1. The van der Waals surface area contributed by atoms with Crippen molar-refractivity contribution in [2.24, 2.45) is 11.8 Å². The summed E-state index contributed by atoms with van der Waals surface area (Å²) in [7, 11) is 0. The lowest BCUT2D eigenvalue weighted by molar-refractivity contribution is -0.152. The minimum atomic E-state index is -1.10. The topological polar surface area (TPSA) is 99.6 Å². The smallest absolute Gasteiger partial charge is 0.248 e. The Morgan fingerprint density at radius 1 is 1.14 bits per heavy atom. The van der Waals surface area contributed by atoms with Crippen LogP contribution in [0.3, 0.4) is 0 Å². The molecule has 0 aromatic heterocycles. The lowest BCUT2D eigenvalue weighted by Crippen LogP contribution is -2.58. The van der Waals surface area contributed by atoms with Crippen LogP contribution in [0.5, 0.6) is 5.75 Å². The van der Waals surface area contributed by atoms with Crippen molar-refractivity contribution in [1.82, 2.24) is 9.80 Å². The largest absolute Gasteiger partial charge is 0.494 e. The van der Waals surface area contributed by atoms with Gasteiger partial charge in [0.15, 0.2) is 0 Å². The van der Waals surface area contributed by atoms with Gasteiger partial charge in [0.05, 0.1) is 24.0 Å². The molecule has 0 aliphatic carbocycles. The lowest BCUT2D eigenvalue weighted by atomic mass is 9.66. The third-order valence-corrected chi connectivity index (χ3v) is 9.47. The van der Waals surface area contributed by atoms with Crippen molar-refractivity contribution in [2.75, 3.05) is 37.7 Å². The highest BCUT2D eigenvalue weighted by molar-refractivity contribution is 6.03. The van der Waals surface area contributed by atoms with Gasteiger partial charge >= 0.3 is 0 Å². The van der Waals surface area contributed by atoms with Crippen LogP contribution >= 0.6 is 0 Å². The van der Waals surface area contributed by atoms with Gasteiger partial charge in [-0.1, -0.05) is 25.5 Å². The van der Waals surface area contributed by atoms with Crippen LogP contribution in [0.25, 0.3) is 0 Å². The van der Waals surface area contributed by atoms with E-state index in [9.17, 15) is 19.5 Å². The summed E-state index contributed by atoms with van der Waals surface area (Å²) in [6, 6.07) is 6.44. The van der Waals surface area contributed by atoms with Crippen LogP contribution < -0.4 is 9.64 Å². The number of nitrogens with zero attached hydrogens (tertiary/aromatic N) is 3. The summed E-state index contributed by atoms with van der Waals surface area (Å²) >= 11 is 0. The molecule has 9 heteroatoms. The molecule has 3 heterocycles. The van der Waals surface area contributed by atoms with Crippen LogP contribution in [-0.2, 0) is 19.1 Å². The molecule has 1 aromatic carbocycles. The van der Waals surface area contributed by atoms with E-state index in [4.69, 9.17) is 9.47 Å². The minimum absolute atomic E-state index is 0.000377. The molecule has 3 fully saturated rings. The number of likely N-dealkylation sites (tertiary alicyclic amines) is 1. The van der Waals surface area contributed by atoms with Gasteiger partial charge in [-0.05, 0) is 77.1 Å². The lowest BCUT2D eigenvalue weighted by Gasteiger charge is -2.39. The standard InChI is InChI=1S/C34H49N3O6/c1-7-13-24(5)35(20-8-2)32(41)29-34-19-18-33(6,43-34)27(28(34)31(40)37(29)22-11-12-23-38)30(39)36(21-9-3)25-14-16-26(17-15-25)42-10-4/h8-9,14-17,24,27-29,38H,2-3,7,10-13,18-23H2,1,4-6H3/t24?,27-,28+,29?,33+,34?/m1/s1. The van der Waals surface area contributed by atoms with Crippen molar-refractivity contribution in [3.05, 3.63) is 49.6 Å². The molecule has 1 N–H and O–H groups in total. The Kier molecular flexibility index (Phi) is 10.4. The molecule has 1 spiro atoms. The van der Waals surface area contributed by atoms with Crippen molar-refractivity contribution in [2.45, 2.75) is 89.5 Å². The number of benzene rings is 1. The summed E-state index contributed by atoms with van der Waals surface area (Å²) in [4.78, 5) is 48.6. The normalized spacial score (nSPS) is 28.0. The number of amides is 3. The second-order valence-corrected chi connectivity index (χ2v) is 12.3. The zero-order valence-corrected chi connectivity index (χ0v) is 26.3. The molecule has 236 valence electrons. The van der Waals surface area contributed by atoms with E-state index in [1.54, 1.807) is 22.0 Å². The molecular formula is C34H49N3O6. The fraction of sp³-hybridized carbons (Fsp3) is 0.618. The second kappa shape index (κ2) is 13.6. The first-order chi connectivity index (χ1) is 20.6. The number of aliphatic hydroxyl groups excluding tert-OH is 1. The zero-order valence-electron chi connectivity index (χ0n) is 26.3. The maximum atomic E-state index is 14.6. The van der Waals surface area contributed by atoms with E-state index in [-0.39, 0.29) is 36.9 Å². The van der Waals surface area contributed by atoms with E-state index in [2.05, 4.69) is 20.1 Å². The number of ether oxygens (including phenoxy) is 2. The predicted molar refractivity (Wildman–Crippen MR) is 167 cm³/mol. The highest BCUT2D eigenvalue weighted by atomic mass is 16.5. The van der Waals surface area contributed by atoms with Gasteiger partial charge < -0.3 is 29.3 Å². The van der Waals surface area contributed by atoms with E-state index in [0.717, 1.165) is 12.8 Å². The molecule has 4 rings (SSSR count). The van der Waals surface area contributed by atoms with Gasteiger partial charge in [0.1, 0.15) is 17.4 Å². The van der Waals surface area contributed by atoms with Crippen LogP contribution in [0.1, 0.15) is 66.2 Å². The Morgan fingerprint density at radius 3 is 2.44 bits per heavy atom. The van der Waals surface area contributed by atoms with E-state index in [0.29, 0.717) is 56.8 Å². The molecule has 43 heavy (non-hydrogen) atoms. The maximum Gasteiger partial charge on any atom is 0.248 e. The molecule has 6 atom stereocenters. The first kappa shape index (κ1) is 32.7. The Bertz CT molecular complexity index is 1190. The molecule has 3 amide bonds. The van der Waals surface area contributed by atoms with Crippen molar-refractivity contribution < 1.29 is 29.0 Å². The summed E-state index contributed by atoms with van der Waals surface area (Å²) in [6.45, 7) is 17.2. The Labute approximate surface area is 256 Å². The number of fused-ring (bicyclic) bond motifs is 1. The molecule has 3 aliphatic heterocycles. The summed E-state index contributed by atoms with van der Waals surface area (Å²) < 4.78 is 12.4. The third kappa shape index (κ3) is 5.86. The molecule has 3 saturated heterocycles. The van der Waals surface area contributed by atoms with Crippen molar-refractivity contribution in [3.8, 4) is 5.75 Å². The van der Waals surface area contributed by atoms with Crippen molar-refractivity contribution in [3.63, 3.8) is 0 Å². The van der Waals surface area contributed by atoms with E-state index < -0.39 is 29.1 Å². The number of carbonyl (C=O) groups is 3. The van der Waals surface area contributed by atoms with Crippen LogP contribution in [0.15, 0.2) is 49.6 Å². The maximum absolute atomic E-state index is 14.6. The Balaban J connectivity index is 1.75. The first-order valence-electron chi connectivity index (χ1n) is 15.8. The summed E-state index contributed by atoms with van der Waals surface area (Å²) in [5.41, 5.74) is -1.32. The van der Waals surface area contributed by atoms with Gasteiger partial charge in [-0.3, -0.25) is 14.4 Å². The van der Waals surface area contributed by atoms with Gasteiger partial charge in [0, 0.05) is 38.0 Å². The zero-order chi connectivity index (χ0) is 31.4. The van der Waals surface area contributed by atoms with E-state index in [1.165, 1.54) is 0 Å². The molecule has 3 unspecified atom stereocenters. The molecule has 0 saturated carbocycles. The van der Waals surface area contributed by atoms with Crippen molar-refractivity contribution >= 4 is 23.4 Å². The number of unbranched alkanes of at least 4 members (excludes halogenated alkanes) is 1. The minimum Gasteiger partial charge on any atom is -0.494 e. The summed E-state index contributed by atoms with van der Waals surface area (Å²) in [5, 5.41) is 9.47. The molecule has 2 bridgehead atoms. The predicted octanol–water partition coefficient (Wildman–Crippen LogP) is 4.34. The number of rotatable bonds is 16. The average molecular weight is 596 g/mol. The molecule has 9 nitrogen and oxygen atoms in total. The fourth-order valence-electron chi connectivity index (χ4n) is 7.58. The van der Waals surface area contributed by atoms with Crippen LogP contribution in [0.4, 0.5) is 5.69 Å². The Morgan fingerprint density at radius 2 is 1.84 bits per heavy atom. The van der Waals surface area contributed by atoms with E-state index in [1.807, 2.05) is 49.9 Å². The molecular weight excluding hydrogens is 546 g/mol. The number of aliphatic hydroxyl groups is 1. The monoisotopic (exact) mass is 595 g/mol. The average Bonchev–Trinajstić information content (AvgIpc) is 3.55. The second-order valence-electron chi connectivity index (χ2n) is 12.3. The first-order valence-corrected chi connectivity index (χ1v) is 15.8. The van der Waals surface area contributed by atoms with E-state index >= 15 is 0 Å². The van der Waals surface area contributed by atoms with Gasteiger partial charge in [0.2, 0.25) is 17.7 Å². The highest BCUT2D eigenvalue weighted by Crippen LogP contribution is 2.63. The number of hydrogen-bond acceptors (Lipinski definition) is 6. The molecule has 3 aliphatic rings. The van der Waals surface area contributed by atoms with Crippen LogP contribution in [0.2, 0.25) is 0 Å².